The maximum Gasteiger partial charge on any atom is 0.198 e. The number of H-pyrrole nitrogens is 1. The lowest BCUT2D eigenvalue weighted by molar-refractivity contribution is -0.110. The number of aromatic amines is 1. The molecule has 8 aromatic carbocycles. The first-order chi connectivity index (χ1) is 53.2. The van der Waals surface area contributed by atoms with Crippen molar-refractivity contribution in [3.05, 3.63) is 286 Å². The van der Waals surface area contributed by atoms with Crippen LogP contribution in [0.4, 0.5) is 10.1 Å². The van der Waals surface area contributed by atoms with Crippen LogP contribution in [0.5, 0.6) is 0 Å². The molecule has 0 saturated heterocycles. The first kappa shape index (κ1) is 90.0. The first-order valence-corrected chi connectivity index (χ1v) is 43.1. The second-order valence-corrected chi connectivity index (χ2v) is 41.9. The summed E-state index contributed by atoms with van der Waals surface area (Å²) in [6, 6.07) is 49.6. The van der Waals surface area contributed by atoms with Crippen LogP contribution in [0, 0.1) is 0 Å². The van der Waals surface area contributed by atoms with Crippen LogP contribution in [0.1, 0.15) is 304 Å². The van der Waals surface area contributed by atoms with Crippen molar-refractivity contribution in [2.75, 3.05) is 20.6 Å². The topological polar surface area (TPSA) is 61.4 Å². The molecular weight excluding hydrogens is 1430 g/mol. The van der Waals surface area contributed by atoms with Gasteiger partial charge in [-0.3, -0.25) is 9.79 Å². The third-order valence-corrected chi connectivity index (χ3v) is 23.6. The Morgan fingerprint density at radius 3 is 1.46 bits per heavy atom. The summed E-state index contributed by atoms with van der Waals surface area (Å²) in [5.41, 5.74) is 35.4. The van der Waals surface area contributed by atoms with Gasteiger partial charge in [-0.05, 0) is 238 Å². The second kappa shape index (κ2) is 36.7. The lowest BCUT2D eigenvalue weighted by Crippen LogP contribution is -2.18. The number of carbonyl (C=O) groups excluding carboxylic acids is 1. The molecule has 1 aromatic heterocycles. The van der Waals surface area contributed by atoms with E-state index in [9.17, 15) is 9.18 Å². The molecule has 0 unspecified atom stereocenters. The van der Waals surface area contributed by atoms with Gasteiger partial charge in [-0.1, -0.05) is 355 Å². The van der Waals surface area contributed by atoms with Gasteiger partial charge in [-0.25, -0.2) is 9.37 Å². The van der Waals surface area contributed by atoms with E-state index in [1.54, 1.807) is 40.2 Å². The van der Waals surface area contributed by atoms with Gasteiger partial charge in [-0.15, -0.1) is 0 Å². The number of aryl methyl sites for hydroxylation is 1. The van der Waals surface area contributed by atoms with E-state index in [1.165, 1.54) is 127 Å². The van der Waals surface area contributed by atoms with Crippen molar-refractivity contribution in [1.82, 2.24) is 14.9 Å². The lowest BCUT2D eigenvalue weighted by atomic mass is 9.81. The van der Waals surface area contributed by atoms with Crippen molar-refractivity contribution < 1.29 is 9.18 Å². The number of imidazole rings is 1. The molecule has 3 heterocycles. The number of likely N-dealkylation sites (N-methyl/N-ethyl adjacent to an activating group) is 1. The summed E-state index contributed by atoms with van der Waals surface area (Å²) >= 11 is 7.60. The zero-order valence-corrected chi connectivity index (χ0v) is 76.3. The van der Waals surface area contributed by atoms with Crippen LogP contribution in [-0.2, 0) is 99.5 Å². The van der Waals surface area contributed by atoms with Gasteiger partial charge in [-0.2, -0.15) is 0 Å². The summed E-state index contributed by atoms with van der Waals surface area (Å²) in [6.07, 6.45) is 26.8. The van der Waals surface area contributed by atoms with Gasteiger partial charge in [0.2, 0.25) is 0 Å². The van der Waals surface area contributed by atoms with E-state index in [1.807, 2.05) is 36.5 Å². The molecule has 9 aromatic rings. The molecule has 0 radical (unpaired) electrons. The van der Waals surface area contributed by atoms with Crippen LogP contribution in [-0.4, -0.2) is 46.8 Å². The number of nitrogens with zero attached hydrogens (tertiary/aromatic N) is 3. The molecular formula is C106H136ClFN4OS. The number of halogens is 2. The third-order valence-electron chi connectivity index (χ3n) is 22.2. The van der Waals surface area contributed by atoms with E-state index in [-0.39, 0.29) is 48.8 Å². The molecule has 7 aliphatic rings. The van der Waals surface area contributed by atoms with Gasteiger partial charge in [0.05, 0.1) is 23.0 Å². The van der Waals surface area contributed by atoms with Gasteiger partial charge in [0.1, 0.15) is 5.83 Å². The summed E-state index contributed by atoms with van der Waals surface area (Å²) in [7, 11) is 4.27. The number of rotatable bonds is 4. The molecule has 2 aliphatic heterocycles. The SMILES string of the molecule is CC(C)(C)c1c(Cl)ccc2[nH]cnc12.CC(C)(C)c1cccc2c1C(F)=CC2.CC(C)(C)c1cccc2c1C=CC2.CC(C)(C)c1cccc2c1CCC2.CC(C)(C)c1cccc2c1N=CC2.CC(C)(C)c1cccc2c1SC(=O)C2.CCCC1=CCc2cccc(C(C)(C)C)c21.CN(C)CC1=CCc2cccc(C(C)(C)C)c21. The van der Waals surface area contributed by atoms with Crippen molar-refractivity contribution in [3.8, 4) is 0 Å². The van der Waals surface area contributed by atoms with Crippen LogP contribution in [0.15, 0.2) is 180 Å². The molecule has 114 heavy (non-hydrogen) atoms. The highest BCUT2D eigenvalue weighted by molar-refractivity contribution is 8.14. The van der Waals surface area contributed by atoms with Crippen LogP contribution >= 0.6 is 23.4 Å². The molecule has 8 heteroatoms. The normalized spacial score (nSPS) is 14.8. The first-order valence-electron chi connectivity index (χ1n) is 41.9. The Hall–Kier alpha value is -7.94. The Morgan fingerprint density at radius 2 is 0.921 bits per heavy atom. The monoisotopic (exact) mass is 1570 g/mol. The number of thioether (sulfide) groups is 1. The summed E-state index contributed by atoms with van der Waals surface area (Å²) in [5, 5.41) is 1.06. The fourth-order valence-corrected chi connectivity index (χ4v) is 18.3. The Kier molecular flexibility index (Phi) is 29.0. The number of carbonyl (C=O) groups is 1. The highest BCUT2D eigenvalue weighted by Crippen LogP contribution is 2.45. The molecule has 0 spiro atoms. The Labute approximate surface area is 697 Å². The predicted octanol–water partition coefficient (Wildman–Crippen LogP) is 29.0. The second-order valence-electron chi connectivity index (χ2n) is 40.4. The highest BCUT2D eigenvalue weighted by Gasteiger charge is 2.31. The van der Waals surface area contributed by atoms with Crippen LogP contribution < -0.4 is 0 Å². The van der Waals surface area contributed by atoms with E-state index in [0.29, 0.717) is 11.8 Å². The van der Waals surface area contributed by atoms with Crippen molar-refractivity contribution in [1.29, 1.82) is 0 Å². The minimum absolute atomic E-state index is 0.0147. The number of benzene rings is 8. The minimum Gasteiger partial charge on any atom is -0.345 e. The highest BCUT2D eigenvalue weighted by atomic mass is 35.5. The van der Waals surface area contributed by atoms with E-state index >= 15 is 0 Å². The fraction of sp³-hybridized carbons (Fsp3) is 0.443. The Morgan fingerprint density at radius 1 is 0.465 bits per heavy atom. The number of aliphatic imine (C=N–C) groups is 1. The third kappa shape index (κ3) is 22.6. The molecule has 5 aliphatic carbocycles. The summed E-state index contributed by atoms with van der Waals surface area (Å²) < 4.78 is 13.6. The molecule has 5 nitrogen and oxygen atoms in total. The fourth-order valence-electron chi connectivity index (χ4n) is 16.6. The van der Waals surface area contributed by atoms with E-state index < -0.39 is 0 Å². The number of hydrogen-bond donors (Lipinski definition) is 1. The molecule has 0 atom stereocenters. The van der Waals surface area contributed by atoms with Gasteiger partial charge in [0.15, 0.2) is 5.12 Å². The zero-order valence-electron chi connectivity index (χ0n) is 74.7. The average molecular weight is 1570 g/mol. The summed E-state index contributed by atoms with van der Waals surface area (Å²) in [4.78, 5) is 26.6. The van der Waals surface area contributed by atoms with Crippen molar-refractivity contribution in [2.24, 2.45) is 4.99 Å². The average Bonchev–Trinajstić information content (AvgIpc) is 1.36. The molecule has 16 rings (SSSR count). The molecule has 0 fully saturated rings. The van der Waals surface area contributed by atoms with E-state index in [2.05, 4.69) is 341 Å². The van der Waals surface area contributed by atoms with Gasteiger partial charge >= 0.3 is 0 Å². The quantitative estimate of drug-likeness (QED) is 0.191. The van der Waals surface area contributed by atoms with E-state index in [0.717, 1.165) is 77.0 Å². The van der Waals surface area contributed by atoms with Crippen LogP contribution in [0.3, 0.4) is 0 Å². The zero-order chi connectivity index (χ0) is 83.8. The smallest absolute Gasteiger partial charge is 0.198 e. The maximum atomic E-state index is 13.6. The number of nitrogens with one attached hydrogen (secondary N) is 1. The van der Waals surface area contributed by atoms with Crippen molar-refractivity contribution in [3.63, 3.8) is 0 Å². The molecule has 0 amide bonds. The lowest BCUT2D eigenvalue weighted by Gasteiger charge is -2.25. The number of fused-ring (bicyclic) bond motifs is 8. The van der Waals surface area contributed by atoms with Crippen LogP contribution in [0.25, 0.3) is 34.1 Å². The van der Waals surface area contributed by atoms with E-state index in [4.69, 9.17) is 11.6 Å². The largest absolute Gasteiger partial charge is 0.345 e. The Balaban J connectivity index is 0.000000149. The number of aromatic nitrogens is 2. The molecule has 1 N–H and O–H groups in total. The molecule has 0 saturated carbocycles. The number of allylic oxidation sites excluding steroid dienone is 5. The molecule has 0 bridgehead atoms. The van der Waals surface area contributed by atoms with Gasteiger partial charge in [0, 0.05) is 46.6 Å². The van der Waals surface area contributed by atoms with Crippen LogP contribution in [0.2, 0.25) is 5.02 Å². The standard InChI is InChI=1S/C16H23N.C16H22.C13H15F.C13H18.C13H16.C12H15N.C12H14OS.C11H13ClN2/c1-16(2,3)14-8-6-7-12-9-10-13(15(12)14)11-17(4)5;1-5-7-12-10-11-13-8-6-9-14(15(12)13)16(2,3)4;1-13(2,3)10-6-4-5-9-7-8-11(14)12(9)10;2*1-13(2,3)12-9-5-7-10-6-4-8-11(10)12;1-12(2,3)10-6-4-5-9-7-8-13-11(9)10;1-12(2,3)9-6-4-5-8-7-10(13)14-11(8)9;1-11(2,3)9-7(12)4-5-8-10(9)14-6-13-8/h6-8,10H,9,11H2,1-5H3;6,8-10H,5,7,11H2,1-4H3;4-6,8H,7H2,1-3H3;5,7,9H,4,6,8H2,1-3H3;4-5,7-9H,6H2,1-3H3;4-6,8H,7H2,1-3H3;4-6H,7H2,1-3H3;4-6H,1-3H3,(H,13,14). The molecule has 606 valence electrons. The maximum absolute atomic E-state index is 13.6. The van der Waals surface area contributed by atoms with Crippen molar-refractivity contribution >= 4 is 74.5 Å². The predicted molar refractivity (Wildman–Crippen MR) is 497 cm³/mol. The number of hydrogen-bond acceptors (Lipinski definition) is 5. The van der Waals surface area contributed by atoms with Gasteiger partial charge < -0.3 is 9.88 Å². The van der Waals surface area contributed by atoms with Crippen molar-refractivity contribution in [2.45, 2.75) is 292 Å². The Bertz CT molecular complexity index is 4960. The summed E-state index contributed by atoms with van der Waals surface area (Å²) in [5.74, 6) is -0.0504. The summed E-state index contributed by atoms with van der Waals surface area (Å²) in [6.45, 7) is 56.9. The van der Waals surface area contributed by atoms with Gasteiger partial charge in [0.25, 0.3) is 0 Å². The minimum atomic E-state index is -0.0504. The number of para-hydroxylation sites is 1.